The van der Waals surface area contributed by atoms with Gasteiger partial charge >= 0.3 is 0 Å². The summed E-state index contributed by atoms with van der Waals surface area (Å²) in [5.41, 5.74) is 0. The highest BCUT2D eigenvalue weighted by molar-refractivity contribution is 7.78. The maximum absolute atomic E-state index is 4.39. The highest BCUT2D eigenvalue weighted by Gasteiger charge is 1.82. The molecule has 0 spiro atoms. The molecule has 1 nitrogen and oxygen atoms in total. The van der Waals surface area contributed by atoms with Crippen molar-refractivity contribution in [2.45, 2.75) is 0 Å². The summed E-state index contributed by atoms with van der Waals surface area (Å²) in [6.45, 7) is 0. The van der Waals surface area contributed by atoms with Gasteiger partial charge in [0.15, 0.2) is 0 Å². The third-order valence-electron chi connectivity index (χ3n) is 0.662. The number of hydrogen-bond acceptors (Lipinski definition) is 3. The van der Waals surface area contributed by atoms with E-state index < -0.39 is 0 Å². The topological polar surface area (TPSA) is 12.4 Å². The molecule has 0 amide bonds. The van der Waals surface area contributed by atoms with Crippen molar-refractivity contribution in [1.29, 1.82) is 0 Å². The summed E-state index contributed by atoms with van der Waals surface area (Å²) in [4.78, 5) is 3.75. The van der Waals surface area contributed by atoms with Crippen molar-refractivity contribution in [3.8, 4) is 0 Å². The first-order chi connectivity index (χ1) is 3.93. The van der Waals surface area contributed by atoms with Crippen LogP contribution >= 0.6 is 23.6 Å². The first kappa shape index (κ1) is 5.63. The minimum atomic E-state index is 0.917. The van der Waals surface area contributed by atoms with Crippen LogP contribution in [0.5, 0.6) is 0 Å². The van der Waals surface area contributed by atoms with Gasteiger partial charge in [0, 0.05) is 0 Å². The molecule has 0 saturated heterocycles. The summed E-state index contributed by atoms with van der Waals surface area (Å²) in [6.07, 6.45) is 0. The molecule has 40 valence electrons. The Labute approximate surface area is 56.7 Å². The standard InChI is InChI=1S/C5H3NS2/c7-4-6-5-2-1-3-8-5/h1-3H. The largest absolute Gasteiger partial charge is 0.184 e. The molecule has 1 aromatic rings. The van der Waals surface area contributed by atoms with E-state index in [2.05, 4.69) is 22.4 Å². The highest BCUT2D eigenvalue weighted by atomic mass is 32.1. The number of nitrogens with zero attached hydrogens (tertiary/aromatic N) is 1. The van der Waals surface area contributed by atoms with Crippen LogP contribution in [0.4, 0.5) is 5.00 Å². The van der Waals surface area contributed by atoms with Crippen molar-refractivity contribution in [2.75, 3.05) is 0 Å². The Kier molecular flexibility index (Phi) is 1.92. The molecule has 0 radical (unpaired) electrons. The van der Waals surface area contributed by atoms with Crippen LogP contribution in [0.3, 0.4) is 0 Å². The zero-order valence-electron chi connectivity index (χ0n) is 4.00. The lowest BCUT2D eigenvalue weighted by Gasteiger charge is -1.70. The fourth-order valence-electron chi connectivity index (χ4n) is 0.378. The van der Waals surface area contributed by atoms with Crippen LogP contribution < -0.4 is 0 Å². The maximum atomic E-state index is 4.39. The van der Waals surface area contributed by atoms with Crippen LogP contribution in [-0.4, -0.2) is 5.16 Å². The molecule has 0 aliphatic rings. The first-order valence-corrected chi connectivity index (χ1v) is 3.33. The summed E-state index contributed by atoms with van der Waals surface area (Å²) in [5, 5.41) is 5.16. The molecule has 0 unspecified atom stereocenters. The van der Waals surface area contributed by atoms with Crippen molar-refractivity contribution < 1.29 is 0 Å². The van der Waals surface area contributed by atoms with Gasteiger partial charge in [0.25, 0.3) is 0 Å². The lowest BCUT2D eigenvalue weighted by molar-refractivity contribution is 1.69. The number of isothiocyanates is 1. The average molecular weight is 141 g/mol. The van der Waals surface area contributed by atoms with E-state index in [1.54, 1.807) is 11.3 Å². The molecule has 3 heteroatoms. The predicted octanol–water partition coefficient (Wildman–Crippen LogP) is 2.48. The normalized spacial score (nSPS) is 8.00. The summed E-state index contributed by atoms with van der Waals surface area (Å²) < 4.78 is 0. The van der Waals surface area contributed by atoms with E-state index in [-0.39, 0.29) is 0 Å². The van der Waals surface area contributed by atoms with E-state index in [0.29, 0.717) is 0 Å². The molecule has 0 aliphatic heterocycles. The Morgan fingerprint density at radius 2 is 2.62 bits per heavy atom. The van der Waals surface area contributed by atoms with Crippen molar-refractivity contribution >= 4 is 33.7 Å². The van der Waals surface area contributed by atoms with Gasteiger partial charge in [0.2, 0.25) is 0 Å². The van der Waals surface area contributed by atoms with Crippen LogP contribution in [0.15, 0.2) is 22.5 Å². The van der Waals surface area contributed by atoms with E-state index in [4.69, 9.17) is 0 Å². The third kappa shape index (κ3) is 1.23. The smallest absolute Gasteiger partial charge is 0.126 e. The molecule has 1 aromatic heterocycles. The predicted molar refractivity (Wildman–Crippen MR) is 39.0 cm³/mol. The van der Waals surface area contributed by atoms with Gasteiger partial charge in [-0.3, -0.25) is 0 Å². The second-order valence-electron chi connectivity index (χ2n) is 1.15. The number of thiocarbonyl (C=S) groups is 1. The molecule has 1 rings (SSSR count). The van der Waals surface area contributed by atoms with Crippen LogP contribution in [0.1, 0.15) is 0 Å². The molecular weight excluding hydrogens is 138 g/mol. The number of aliphatic imine (C=N–C) groups is 1. The van der Waals surface area contributed by atoms with Crippen molar-refractivity contribution in [3.05, 3.63) is 17.5 Å². The fourth-order valence-corrected chi connectivity index (χ4v) is 1.09. The van der Waals surface area contributed by atoms with E-state index in [1.165, 1.54) is 0 Å². The Bertz CT molecular complexity index is 196. The lowest BCUT2D eigenvalue weighted by Crippen LogP contribution is -1.41. The molecule has 0 aromatic carbocycles. The maximum Gasteiger partial charge on any atom is 0.126 e. The number of thiophene rings is 1. The monoisotopic (exact) mass is 141 g/mol. The van der Waals surface area contributed by atoms with Gasteiger partial charge in [-0.2, -0.15) is 4.99 Å². The summed E-state index contributed by atoms with van der Waals surface area (Å²) in [7, 11) is 0. The molecule has 0 saturated carbocycles. The van der Waals surface area contributed by atoms with Crippen molar-refractivity contribution in [3.63, 3.8) is 0 Å². The SMILES string of the molecule is S=C=Nc1cccs1. The minimum Gasteiger partial charge on any atom is -0.184 e. The van der Waals surface area contributed by atoms with Crippen LogP contribution in [0.25, 0.3) is 0 Å². The molecule has 1 heterocycles. The number of hydrogen-bond donors (Lipinski definition) is 0. The average Bonchev–Trinajstić information content (AvgIpc) is 2.19. The van der Waals surface area contributed by atoms with E-state index in [1.807, 2.05) is 17.5 Å². The van der Waals surface area contributed by atoms with Gasteiger partial charge in [0.1, 0.15) is 5.00 Å². The van der Waals surface area contributed by atoms with E-state index in [9.17, 15) is 0 Å². The second kappa shape index (κ2) is 2.72. The van der Waals surface area contributed by atoms with Crippen molar-refractivity contribution in [2.24, 2.45) is 4.99 Å². The van der Waals surface area contributed by atoms with E-state index in [0.717, 1.165) is 5.00 Å². The zero-order chi connectivity index (χ0) is 5.82. The van der Waals surface area contributed by atoms with Gasteiger partial charge in [-0.1, -0.05) is 0 Å². The van der Waals surface area contributed by atoms with Crippen LogP contribution in [0.2, 0.25) is 0 Å². The summed E-state index contributed by atoms with van der Waals surface area (Å²) in [5.74, 6) is 0. The molecule has 0 aliphatic carbocycles. The van der Waals surface area contributed by atoms with Crippen LogP contribution in [-0.2, 0) is 0 Å². The van der Waals surface area contributed by atoms with Crippen molar-refractivity contribution in [1.82, 2.24) is 0 Å². The highest BCUT2D eigenvalue weighted by Crippen LogP contribution is 2.17. The Morgan fingerprint density at radius 3 is 3.12 bits per heavy atom. The summed E-state index contributed by atoms with van der Waals surface area (Å²) in [6, 6.07) is 3.82. The second-order valence-corrected chi connectivity index (χ2v) is 2.26. The van der Waals surface area contributed by atoms with Gasteiger partial charge in [0.05, 0.1) is 5.16 Å². The summed E-state index contributed by atoms with van der Waals surface area (Å²) >= 11 is 5.94. The first-order valence-electron chi connectivity index (χ1n) is 2.05. The van der Waals surface area contributed by atoms with Gasteiger partial charge in [-0.05, 0) is 29.7 Å². The lowest BCUT2D eigenvalue weighted by atomic mass is 10.6. The molecule has 0 atom stereocenters. The van der Waals surface area contributed by atoms with E-state index >= 15 is 0 Å². The minimum absolute atomic E-state index is 0.917. The molecule has 0 bridgehead atoms. The molecule has 8 heavy (non-hydrogen) atoms. The Hall–Kier alpha value is -0.500. The van der Waals surface area contributed by atoms with Gasteiger partial charge < -0.3 is 0 Å². The Balaban J connectivity index is 2.93. The number of rotatable bonds is 1. The zero-order valence-corrected chi connectivity index (χ0v) is 5.63. The van der Waals surface area contributed by atoms with Crippen LogP contribution in [0, 0.1) is 0 Å². The Morgan fingerprint density at radius 1 is 1.75 bits per heavy atom. The molecule has 0 fully saturated rings. The molecule has 0 N–H and O–H groups in total. The van der Waals surface area contributed by atoms with Gasteiger partial charge in [-0.25, -0.2) is 0 Å². The quantitative estimate of drug-likeness (QED) is 0.432. The third-order valence-corrected chi connectivity index (χ3v) is 1.52. The fraction of sp³-hybridized carbons (Fsp3) is 0. The van der Waals surface area contributed by atoms with Gasteiger partial charge in [-0.15, -0.1) is 11.3 Å². The molecular formula is C5H3NS2.